The van der Waals surface area contributed by atoms with E-state index in [1.54, 1.807) is 19.3 Å². The van der Waals surface area contributed by atoms with Crippen LogP contribution in [0.2, 0.25) is 0 Å². The van der Waals surface area contributed by atoms with Crippen molar-refractivity contribution in [3.8, 4) is 0 Å². The molecule has 0 nitrogen and oxygen atoms in total. The maximum atomic E-state index is 2.59. The van der Waals surface area contributed by atoms with Crippen molar-refractivity contribution >= 4 is 0 Å². The Labute approximate surface area is 120 Å². The van der Waals surface area contributed by atoms with E-state index in [1.165, 1.54) is 19.3 Å². The second-order valence-corrected chi connectivity index (χ2v) is 8.81. The molecular weight excluding hydrogens is 228 g/mol. The van der Waals surface area contributed by atoms with E-state index >= 15 is 0 Å². The molecule has 0 heteroatoms. The van der Waals surface area contributed by atoms with Gasteiger partial charge in [-0.1, -0.05) is 47.5 Å². The molecule has 3 rings (SSSR count). The van der Waals surface area contributed by atoms with Crippen molar-refractivity contribution < 1.29 is 0 Å². The molecule has 3 aliphatic rings. The minimum Gasteiger partial charge on any atom is -0.0654 e. The summed E-state index contributed by atoms with van der Waals surface area (Å²) < 4.78 is 0. The fraction of sp³-hybridized carbons (Fsp3) is 1.00. The van der Waals surface area contributed by atoms with Gasteiger partial charge in [0.05, 0.1) is 0 Å². The molecule has 0 radical (unpaired) electrons. The highest BCUT2D eigenvalue weighted by Gasteiger charge is 2.62. The summed E-state index contributed by atoms with van der Waals surface area (Å²) in [6.45, 7) is 12.5. The zero-order chi connectivity index (χ0) is 13.8. The summed E-state index contributed by atoms with van der Waals surface area (Å²) in [7, 11) is 0. The molecule has 0 aromatic heterocycles. The van der Waals surface area contributed by atoms with Crippen LogP contribution >= 0.6 is 0 Å². The molecule has 0 aliphatic heterocycles. The van der Waals surface area contributed by atoms with Gasteiger partial charge in [0.15, 0.2) is 0 Å². The first-order valence-electron chi connectivity index (χ1n) is 8.98. The zero-order valence-corrected chi connectivity index (χ0v) is 13.8. The van der Waals surface area contributed by atoms with Crippen LogP contribution in [0.15, 0.2) is 0 Å². The van der Waals surface area contributed by atoms with Crippen molar-refractivity contribution in [2.45, 2.75) is 73.1 Å². The van der Waals surface area contributed by atoms with Crippen LogP contribution < -0.4 is 0 Å². The molecule has 0 N–H and O–H groups in total. The summed E-state index contributed by atoms with van der Waals surface area (Å²) in [5, 5.41) is 0. The molecule has 0 spiro atoms. The lowest BCUT2D eigenvalue weighted by Gasteiger charge is -2.32. The first-order valence-corrected chi connectivity index (χ1v) is 8.98. The molecule has 110 valence electrons. The first-order chi connectivity index (χ1) is 8.98. The number of hydrogen-bond acceptors (Lipinski definition) is 0. The van der Waals surface area contributed by atoms with Gasteiger partial charge in [-0.3, -0.25) is 0 Å². The summed E-state index contributed by atoms with van der Waals surface area (Å²) in [6, 6.07) is 0. The van der Waals surface area contributed by atoms with E-state index in [0.29, 0.717) is 5.41 Å². The van der Waals surface area contributed by atoms with Crippen molar-refractivity contribution in [2.24, 2.45) is 46.8 Å². The average molecular weight is 262 g/mol. The van der Waals surface area contributed by atoms with E-state index < -0.39 is 0 Å². The van der Waals surface area contributed by atoms with Crippen LogP contribution in [0.1, 0.15) is 73.1 Å². The highest BCUT2D eigenvalue weighted by atomic mass is 14.7. The van der Waals surface area contributed by atoms with E-state index in [4.69, 9.17) is 0 Å². The van der Waals surface area contributed by atoms with Crippen molar-refractivity contribution in [1.29, 1.82) is 0 Å². The third-order valence-corrected chi connectivity index (χ3v) is 7.44. The van der Waals surface area contributed by atoms with Gasteiger partial charge in [0.25, 0.3) is 0 Å². The van der Waals surface area contributed by atoms with Gasteiger partial charge in [-0.05, 0) is 72.5 Å². The Morgan fingerprint density at radius 1 is 1.26 bits per heavy atom. The van der Waals surface area contributed by atoms with Crippen LogP contribution in [-0.2, 0) is 0 Å². The topological polar surface area (TPSA) is 0 Å². The lowest BCUT2D eigenvalue weighted by Crippen LogP contribution is -2.23. The molecule has 0 amide bonds. The van der Waals surface area contributed by atoms with Crippen LogP contribution in [-0.4, -0.2) is 0 Å². The fourth-order valence-electron chi connectivity index (χ4n) is 6.10. The lowest BCUT2D eigenvalue weighted by molar-refractivity contribution is 0.179. The van der Waals surface area contributed by atoms with Gasteiger partial charge in [0, 0.05) is 0 Å². The highest BCUT2D eigenvalue weighted by Crippen LogP contribution is 2.69. The van der Waals surface area contributed by atoms with Crippen LogP contribution in [0, 0.1) is 46.8 Å². The predicted molar refractivity (Wildman–Crippen MR) is 82.9 cm³/mol. The second kappa shape index (κ2) is 4.78. The van der Waals surface area contributed by atoms with Gasteiger partial charge in [0.1, 0.15) is 0 Å². The smallest absolute Gasteiger partial charge is 0.0297 e. The van der Waals surface area contributed by atoms with E-state index in [9.17, 15) is 0 Å². The van der Waals surface area contributed by atoms with E-state index in [1.807, 2.05) is 0 Å². The van der Waals surface area contributed by atoms with Gasteiger partial charge in [-0.25, -0.2) is 0 Å². The molecule has 0 aromatic rings. The highest BCUT2D eigenvalue weighted by molar-refractivity contribution is 5.10. The van der Waals surface area contributed by atoms with Gasteiger partial charge in [-0.15, -0.1) is 0 Å². The third kappa shape index (κ3) is 2.18. The van der Waals surface area contributed by atoms with Crippen molar-refractivity contribution in [1.82, 2.24) is 0 Å². The maximum Gasteiger partial charge on any atom is -0.0297 e. The second-order valence-electron chi connectivity index (χ2n) is 8.81. The fourth-order valence-corrected chi connectivity index (χ4v) is 6.10. The largest absolute Gasteiger partial charge is 0.0654 e. The summed E-state index contributed by atoms with van der Waals surface area (Å²) in [5.74, 6) is 7.36. The van der Waals surface area contributed by atoms with Crippen molar-refractivity contribution in [3.05, 3.63) is 0 Å². The molecule has 3 saturated carbocycles. The van der Waals surface area contributed by atoms with Crippen LogP contribution in [0.5, 0.6) is 0 Å². The Morgan fingerprint density at radius 2 is 2.00 bits per heavy atom. The minimum absolute atomic E-state index is 0.709. The van der Waals surface area contributed by atoms with Crippen LogP contribution in [0.25, 0.3) is 0 Å². The molecule has 0 aromatic carbocycles. The van der Waals surface area contributed by atoms with Crippen LogP contribution in [0.3, 0.4) is 0 Å². The molecule has 7 unspecified atom stereocenters. The minimum atomic E-state index is 0.709. The molecule has 3 aliphatic carbocycles. The van der Waals surface area contributed by atoms with Crippen LogP contribution in [0.4, 0.5) is 0 Å². The molecule has 7 atom stereocenters. The normalized spacial score (nSPS) is 49.9. The number of hydrogen-bond donors (Lipinski definition) is 0. The Hall–Kier alpha value is 0. The molecule has 0 saturated heterocycles. The Kier molecular flexibility index (Phi) is 3.51. The Bertz CT molecular complexity index is 331. The lowest BCUT2D eigenvalue weighted by atomic mass is 9.73. The maximum absolute atomic E-state index is 2.59. The monoisotopic (exact) mass is 262 g/mol. The summed E-state index contributed by atoms with van der Waals surface area (Å²) in [6.07, 6.45) is 9.05. The van der Waals surface area contributed by atoms with E-state index in [2.05, 4.69) is 34.6 Å². The number of fused-ring (bicyclic) bond motifs is 4. The average Bonchev–Trinajstić information content (AvgIpc) is 2.90. The molecular formula is C19H34. The Balaban J connectivity index is 1.76. The SMILES string of the molecule is CCCC(C(C)C)C1C2CC(C)C3(C)CCC(C3)C21. The quantitative estimate of drug-likeness (QED) is 0.603. The summed E-state index contributed by atoms with van der Waals surface area (Å²) >= 11 is 0. The predicted octanol–water partition coefficient (Wildman–Crippen LogP) is 5.77. The summed E-state index contributed by atoms with van der Waals surface area (Å²) in [4.78, 5) is 0. The Morgan fingerprint density at radius 3 is 2.63 bits per heavy atom. The van der Waals surface area contributed by atoms with E-state index in [0.717, 1.165) is 41.4 Å². The molecule has 0 heterocycles. The number of rotatable bonds is 4. The third-order valence-electron chi connectivity index (χ3n) is 7.44. The van der Waals surface area contributed by atoms with Crippen molar-refractivity contribution in [2.75, 3.05) is 0 Å². The molecule has 19 heavy (non-hydrogen) atoms. The zero-order valence-electron chi connectivity index (χ0n) is 13.8. The van der Waals surface area contributed by atoms with Crippen molar-refractivity contribution in [3.63, 3.8) is 0 Å². The molecule has 3 fully saturated rings. The van der Waals surface area contributed by atoms with Gasteiger partial charge < -0.3 is 0 Å². The first kappa shape index (κ1) is 14.0. The van der Waals surface area contributed by atoms with Gasteiger partial charge in [0.2, 0.25) is 0 Å². The molecule has 2 bridgehead atoms. The van der Waals surface area contributed by atoms with E-state index in [-0.39, 0.29) is 0 Å². The van der Waals surface area contributed by atoms with Gasteiger partial charge >= 0.3 is 0 Å². The summed E-state index contributed by atoms with van der Waals surface area (Å²) in [5.41, 5.74) is 0.709. The standard InChI is InChI=1S/C19H34/c1-6-7-15(12(2)3)18-16-10-13(4)19(5)9-8-14(11-19)17(16)18/h12-18H,6-11H2,1-5H3. The van der Waals surface area contributed by atoms with Gasteiger partial charge in [-0.2, -0.15) is 0 Å².